The third-order valence-electron chi connectivity index (χ3n) is 6.46. The summed E-state index contributed by atoms with van der Waals surface area (Å²) in [5, 5.41) is 0. The molecule has 2 aromatic heterocycles. The van der Waals surface area contributed by atoms with Crippen LogP contribution in [0.1, 0.15) is 39.9 Å². The normalized spacial score (nSPS) is 25.1. The Balaban J connectivity index is 1.70. The van der Waals surface area contributed by atoms with Crippen molar-refractivity contribution in [1.29, 1.82) is 0 Å². The zero-order valence-electron chi connectivity index (χ0n) is 21.2. The van der Waals surface area contributed by atoms with Crippen LogP contribution in [0.4, 0.5) is 20.4 Å². The molecule has 2 saturated heterocycles. The maximum absolute atomic E-state index is 14.3. The Kier molecular flexibility index (Phi) is 6.69. The predicted molar refractivity (Wildman–Crippen MR) is 133 cm³/mol. The van der Waals surface area contributed by atoms with Crippen molar-refractivity contribution >= 4 is 22.7 Å². The van der Waals surface area contributed by atoms with E-state index in [2.05, 4.69) is 14.8 Å². The van der Waals surface area contributed by atoms with E-state index in [0.717, 1.165) is 0 Å². The van der Waals surface area contributed by atoms with Crippen LogP contribution in [0.15, 0.2) is 24.3 Å². The number of rotatable bonds is 5. The molecule has 194 valence electrons. The van der Waals surface area contributed by atoms with Gasteiger partial charge >= 0.3 is 0 Å². The SMILES string of the molecule is COc1cccc2c1nc(C(F)F)n2-c1nc(N2CC(C)OC(C)C2)cc(N2CC(C)OC(C)C2)n1. The first kappa shape index (κ1) is 24.6. The Labute approximate surface area is 209 Å². The molecule has 3 aromatic rings. The number of hydrogen-bond donors (Lipinski definition) is 0. The van der Waals surface area contributed by atoms with Crippen molar-refractivity contribution in [2.75, 3.05) is 43.1 Å². The largest absolute Gasteiger partial charge is 0.494 e. The fourth-order valence-corrected chi connectivity index (χ4v) is 5.18. The van der Waals surface area contributed by atoms with Gasteiger partial charge in [-0.05, 0) is 39.8 Å². The van der Waals surface area contributed by atoms with Gasteiger partial charge in [0.2, 0.25) is 5.95 Å². The van der Waals surface area contributed by atoms with Crippen LogP contribution in [0.3, 0.4) is 0 Å². The summed E-state index contributed by atoms with van der Waals surface area (Å²) < 4.78 is 47.1. The van der Waals surface area contributed by atoms with Crippen LogP contribution in [0.25, 0.3) is 17.0 Å². The molecule has 4 heterocycles. The van der Waals surface area contributed by atoms with E-state index in [0.29, 0.717) is 54.6 Å². The number of methoxy groups -OCH3 is 1. The highest BCUT2D eigenvalue weighted by molar-refractivity contribution is 5.84. The van der Waals surface area contributed by atoms with Crippen LogP contribution in [0.5, 0.6) is 5.75 Å². The van der Waals surface area contributed by atoms with Crippen LogP contribution in [0.2, 0.25) is 0 Å². The van der Waals surface area contributed by atoms with Crippen LogP contribution >= 0.6 is 0 Å². The smallest absolute Gasteiger partial charge is 0.296 e. The molecule has 0 spiro atoms. The van der Waals surface area contributed by atoms with Gasteiger partial charge in [-0.25, -0.2) is 13.8 Å². The molecule has 2 fully saturated rings. The van der Waals surface area contributed by atoms with Gasteiger partial charge in [-0.15, -0.1) is 0 Å². The number of fused-ring (bicyclic) bond motifs is 1. The number of ether oxygens (including phenoxy) is 3. The quantitative estimate of drug-likeness (QED) is 0.519. The molecule has 0 radical (unpaired) electrons. The number of para-hydroxylation sites is 1. The fraction of sp³-hybridized carbons (Fsp3) is 0.560. The van der Waals surface area contributed by atoms with Gasteiger partial charge in [0.25, 0.3) is 6.43 Å². The Morgan fingerprint density at radius 1 is 0.861 bits per heavy atom. The van der Waals surface area contributed by atoms with Gasteiger partial charge in [0.15, 0.2) is 5.82 Å². The molecule has 4 unspecified atom stereocenters. The Morgan fingerprint density at radius 2 is 1.39 bits per heavy atom. The highest BCUT2D eigenvalue weighted by atomic mass is 19.3. The van der Waals surface area contributed by atoms with Crippen molar-refractivity contribution in [1.82, 2.24) is 19.5 Å². The molecule has 0 bridgehead atoms. The minimum absolute atomic E-state index is 0.00834. The zero-order chi connectivity index (χ0) is 25.6. The summed E-state index contributed by atoms with van der Waals surface area (Å²) in [5.41, 5.74) is 0.799. The lowest BCUT2D eigenvalue weighted by atomic mass is 10.2. The maximum atomic E-state index is 14.3. The summed E-state index contributed by atoms with van der Waals surface area (Å²) in [5.74, 6) is 1.45. The predicted octanol–water partition coefficient (Wildman–Crippen LogP) is 3.99. The molecule has 11 heteroatoms. The van der Waals surface area contributed by atoms with Crippen molar-refractivity contribution in [2.45, 2.75) is 58.5 Å². The Bertz CT molecular complexity index is 1170. The van der Waals surface area contributed by atoms with E-state index in [4.69, 9.17) is 24.2 Å². The molecular formula is C25H32F2N6O3. The van der Waals surface area contributed by atoms with Crippen molar-refractivity contribution in [2.24, 2.45) is 0 Å². The average Bonchev–Trinajstić information content (AvgIpc) is 3.23. The molecule has 1 aromatic carbocycles. The second-order valence-electron chi connectivity index (χ2n) is 9.64. The molecule has 0 amide bonds. The molecule has 9 nitrogen and oxygen atoms in total. The topological polar surface area (TPSA) is 77.8 Å². The van der Waals surface area contributed by atoms with Crippen LogP contribution < -0.4 is 14.5 Å². The van der Waals surface area contributed by atoms with E-state index < -0.39 is 12.2 Å². The lowest BCUT2D eigenvalue weighted by Crippen LogP contribution is -2.47. The van der Waals surface area contributed by atoms with E-state index in [-0.39, 0.29) is 30.4 Å². The van der Waals surface area contributed by atoms with E-state index in [9.17, 15) is 8.78 Å². The molecule has 0 saturated carbocycles. The lowest BCUT2D eigenvalue weighted by molar-refractivity contribution is -0.00567. The fourth-order valence-electron chi connectivity index (χ4n) is 5.18. The number of halogens is 2. The maximum Gasteiger partial charge on any atom is 0.296 e. The van der Waals surface area contributed by atoms with Gasteiger partial charge in [0.1, 0.15) is 22.9 Å². The highest BCUT2D eigenvalue weighted by Crippen LogP contribution is 2.33. The van der Waals surface area contributed by atoms with Crippen molar-refractivity contribution in [3.8, 4) is 11.7 Å². The van der Waals surface area contributed by atoms with E-state index in [1.54, 1.807) is 18.2 Å². The van der Waals surface area contributed by atoms with Crippen LogP contribution in [0, 0.1) is 0 Å². The number of benzene rings is 1. The molecule has 2 aliphatic heterocycles. The number of imidazole rings is 1. The second kappa shape index (κ2) is 9.78. The molecule has 36 heavy (non-hydrogen) atoms. The molecular weight excluding hydrogens is 470 g/mol. The summed E-state index contributed by atoms with van der Waals surface area (Å²) >= 11 is 0. The van der Waals surface area contributed by atoms with E-state index in [1.165, 1.54) is 11.7 Å². The number of morpholine rings is 2. The Morgan fingerprint density at radius 3 is 1.86 bits per heavy atom. The van der Waals surface area contributed by atoms with Crippen molar-refractivity contribution in [3.63, 3.8) is 0 Å². The van der Waals surface area contributed by atoms with Gasteiger partial charge in [-0.1, -0.05) is 6.07 Å². The van der Waals surface area contributed by atoms with Crippen molar-refractivity contribution in [3.05, 3.63) is 30.1 Å². The van der Waals surface area contributed by atoms with Gasteiger partial charge in [0, 0.05) is 32.2 Å². The minimum Gasteiger partial charge on any atom is -0.494 e. The minimum atomic E-state index is -2.83. The Hall–Kier alpha value is -3.05. The van der Waals surface area contributed by atoms with Gasteiger partial charge < -0.3 is 24.0 Å². The second-order valence-corrected chi connectivity index (χ2v) is 9.64. The van der Waals surface area contributed by atoms with E-state index >= 15 is 0 Å². The van der Waals surface area contributed by atoms with Crippen molar-refractivity contribution < 1.29 is 23.0 Å². The molecule has 4 atom stereocenters. The number of aromatic nitrogens is 4. The number of anilines is 2. The third kappa shape index (κ3) is 4.69. The molecule has 0 aliphatic carbocycles. The zero-order valence-corrected chi connectivity index (χ0v) is 21.2. The van der Waals surface area contributed by atoms with Crippen LogP contribution in [-0.2, 0) is 9.47 Å². The summed E-state index contributed by atoms with van der Waals surface area (Å²) in [6.07, 6.45) is -2.80. The monoisotopic (exact) mass is 502 g/mol. The summed E-state index contributed by atoms with van der Waals surface area (Å²) in [6, 6.07) is 7.10. The van der Waals surface area contributed by atoms with Gasteiger partial charge in [-0.3, -0.25) is 4.57 Å². The molecule has 0 N–H and O–H groups in total. The third-order valence-corrected chi connectivity index (χ3v) is 6.46. The summed E-state index contributed by atoms with van der Waals surface area (Å²) in [4.78, 5) is 18.1. The van der Waals surface area contributed by atoms with Gasteiger partial charge in [0.05, 0.1) is 37.0 Å². The molecule has 5 rings (SSSR count). The number of nitrogens with zero attached hydrogens (tertiary/aromatic N) is 6. The summed E-state index contributed by atoms with van der Waals surface area (Å²) in [6.45, 7) is 10.6. The van der Waals surface area contributed by atoms with E-state index in [1.807, 2.05) is 33.8 Å². The summed E-state index contributed by atoms with van der Waals surface area (Å²) in [7, 11) is 1.49. The first-order chi connectivity index (χ1) is 17.2. The number of hydrogen-bond acceptors (Lipinski definition) is 8. The lowest BCUT2D eigenvalue weighted by Gasteiger charge is -2.38. The first-order valence-electron chi connectivity index (χ1n) is 12.3. The first-order valence-corrected chi connectivity index (χ1v) is 12.3. The van der Waals surface area contributed by atoms with Gasteiger partial charge in [-0.2, -0.15) is 9.97 Å². The average molecular weight is 503 g/mol. The number of alkyl halides is 2. The highest BCUT2D eigenvalue weighted by Gasteiger charge is 2.30. The van der Waals surface area contributed by atoms with Crippen LogP contribution in [-0.4, -0.2) is 77.2 Å². The standard InChI is InChI=1S/C25H32F2N6O3/c1-14-10-31(11-15(2)35-14)20-9-21(32-12-16(3)36-17(4)13-32)29-25(28-20)33-18-7-6-8-19(34-5)22(18)30-24(33)23(26)27/h6-9,14-17,23H,10-13H2,1-5H3. The molecule has 2 aliphatic rings.